The summed E-state index contributed by atoms with van der Waals surface area (Å²) >= 11 is 0. The molecule has 0 saturated heterocycles. The lowest BCUT2D eigenvalue weighted by Crippen LogP contribution is -2.35. The molecule has 0 amide bonds. The zero-order chi connectivity index (χ0) is 12.3. The molecule has 1 aromatic rings. The van der Waals surface area contributed by atoms with Crippen molar-refractivity contribution in [1.82, 2.24) is 14.8 Å². The lowest BCUT2D eigenvalue weighted by molar-refractivity contribution is 0.191. The van der Waals surface area contributed by atoms with Crippen molar-refractivity contribution in [2.45, 2.75) is 58.9 Å². The number of nitrogens with zero attached hydrogens (tertiary/aromatic N) is 3. The quantitative estimate of drug-likeness (QED) is 0.870. The second kappa shape index (κ2) is 5.17. The van der Waals surface area contributed by atoms with E-state index in [4.69, 9.17) is 5.73 Å². The van der Waals surface area contributed by atoms with Gasteiger partial charge in [0.05, 0.1) is 0 Å². The van der Waals surface area contributed by atoms with Gasteiger partial charge in [-0.15, -0.1) is 10.2 Å². The summed E-state index contributed by atoms with van der Waals surface area (Å²) in [6, 6.07) is 0. The smallest absolute Gasteiger partial charge is 0.133 e. The minimum absolute atomic E-state index is 0.282. The molecule has 0 unspecified atom stereocenters. The van der Waals surface area contributed by atoms with Crippen LogP contribution >= 0.6 is 0 Å². The standard InChI is InChI=1S/C13H24N4/c1-3-17-11(2)15-16-12(17)9-13(10-14)7-5-4-6-8-13/h3-10,14H2,1-2H3. The zero-order valence-corrected chi connectivity index (χ0v) is 11.1. The van der Waals surface area contributed by atoms with Gasteiger partial charge in [0.2, 0.25) is 0 Å². The Kier molecular flexibility index (Phi) is 3.82. The predicted octanol–water partition coefficient (Wildman–Crippen LogP) is 2.06. The molecular weight excluding hydrogens is 212 g/mol. The molecule has 1 aliphatic carbocycles. The minimum Gasteiger partial charge on any atom is -0.330 e. The summed E-state index contributed by atoms with van der Waals surface area (Å²) < 4.78 is 2.21. The largest absolute Gasteiger partial charge is 0.330 e. The van der Waals surface area contributed by atoms with Crippen LogP contribution in [-0.4, -0.2) is 21.3 Å². The van der Waals surface area contributed by atoms with Crippen molar-refractivity contribution in [1.29, 1.82) is 0 Å². The second-order valence-electron chi connectivity index (χ2n) is 5.35. The van der Waals surface area contributed by atoms with Gasteiger partial charge in [0.15, 0.2) is 0 Å². The summed E-state index contributed by atoms with van der Waals surface area (Å²) in [6.07, 6.45) is 7.49. The molecule has 0 radical (unpaired) electrons. The van der Waals surface area contributed by atoms with E-state index in [2.05, 4.69) is 21.7 Å². The molecule has 1 heterocycles. The Morgan fingerprint density at radius 3 is 2.53 bits per heavy atom. The third-order valence-corrected chi connectivity index (χ3v) is 4.21. The molecule has 2 N–H and O–H groups in total. The van der Waals surface area contributed by atoms with Crippen LogP contribution in [0, 0.1) is 12.3 Å². The maximum atomic E-state index is 6.03. The Morgan fingerprint density at radius 2 is 1.94 bits per heavy atom. The van der Waals surface area contributed by atoms with Gasteiger partial charge >= 0.3 is 0 Å². The van der Waals surface area contributed by atoms with E-state index < -0.39 is 0 Å². The van der Waals surface area contributed by atoms with Crippen LogP contribution in [-0.2, 0) is 13.0 Å². The molecule has 4 nitrogen and oxygen atoms in total. The summed E-state index contributed by atoms with van der Waals surface area (Å²) in [5.74, 6) is 2.14. The second-order valence-corrected chi connectivity index (χ2v) is 5.35. The van der Waals surface area contributed by atoms with Gasteiger partial charge in [-0.25, -0.2) is 0 Å². The van der Waals surface area contributed by atoms with Crippen LogP contribution in [0.15, 0.2) is 0 Å². The van der Waals surface area contributed by atoms with E-state index in [0.717, 1.165) is 31.2 Å². The van der Waals surface area contributed by atoms with Crippen molar-refractivity contribution >= 4 is 0 Å². The van der Waals surface area contributed by atoms with Crippen molar-refractivity contribution in [3.05, 3.63) is 11.6 Å². The highest BCUT2D eigenvalue weighted by Crippen LogP contribution is 2.38. The molecule has 1 aliphatic rings. The number of rotatable bonds is 4. The van der Waals surface area contributed by atoms with Gasteiger partial charge in [-0.05, 0) is 38.6 Å². The summed E-state index contributed by atoms with van der Waals surface area (Å²) in [7, 11) is 0. The molecule has 0 atom stereocenters. The first-order chi connectivity index (χ1) is 8.21. The number of hydrogen-bond donors (Lipinski definition) is 1. The van der Waals surface area contributed by atoms with Gasteiger partial charge in [-0.2, -0.15) is 0 Å². The van der Waals surface area contributed by atoms with Gasteiger partial charge in [0.25, 0.3) is 0 Å². The first-order valence-corrected chi connectivity index (χ1v) is 6.79. The Morgan fingerprint density at radius 1 is 1.24 bits per heavy atom. The lowest BCUT2D eigenvalue weighted by Gasteiger charge is -2.35. The van der Waals surface area contributed by atoms with Crippen LogP contribution in [0.1, 0.15) is 50.7 Å². The maximum Gasteiger partial charge on any atom is 0.133 e. The molecule has 1 fully saturated rings. The van der Waals surface area contributed by atoms with Crippen molar-refractivity contribution in [2.75, 3.05) is 6.54 Å². The van der Waals surface area contributed by atoms with Crippen molar-refractivity contribution in [2.24, 2.45) is 11.1 Å². The van der Waals surface area contributed by atoms with E-state index in [1.807, 2.05) is 6.92 Å². The number of nitrogens with two attached hydrogens (primary N) is 1. The van der Waals surface area contributed by atoms with Crippen LogP contribution < -0.4 is 5.73 Å². The van der Waals surface area contributed by atoms with Crippen molar-refractivity contribution < 1.29 is 0 Å². The SMILES string of the molecule is CCn1c(C)nnc1CC1(CN)CCCCC1. The summed E-state index contributed by atoms with van der Waals surface area (Å²) in [5, 5.41) is 8.52. The summed E-state index contributed by atoms with van der Waals surface area (Å²) in [4.78, 5) is 0. The Balaban J connectivity index is 2.17. The van der Waals surface area contributed by atoms with E-state index in [0.29, 0.717) is 0 Å². The molecule has 0 aromatic carbocycles. The van der Waals surface area contributed by atoms with E-state index >= 15 is 0 Å². The Hall–Kier alpha value is -0.900. The van der Waals surface area contributed by atoms with Gasteiger partial charge < -0.3 is 10.3 Å². The predicted molar refractivity (Wildman–Crippen MR) is 68.7 cm³/mol. The molecule has 1 saturated carbocycles. The average Bonchev–Trinajstić information content (AvgIpc) is 2.71. The van der Waals surface area contributed by atoms with Crippen molar-refractivity contribution in [3.8, 4) is 0 Å². The fraction of sp³-hybridized carbons (Fsp3) is 0.846. The fourth-order valence-electron chi connectivity index (χ4n) is 3.06. The molecule has 0 aliphatic heterocycles. The van der Waals surface area contributed by atoms with E-state index in [1.54, 1.807) is 0 Å². The van der Waals surface area contributed by atoms with Gasteiger partial charge in [0.1, 0.15) is 11.6 Å². The summed E-state index contributed by atoms with van der Waals surface area (Å²) in [5.41, 5.74) is 6.31. The first-order valence-electron chi connectivity index (χ1n) is 6.79. The fourth-order valence-corrected chi connectivity index (χ4v) is 3.06. The van der Waals surface area contributed by atoms with Gasteiger partial charge in [0, 0.05) is 13.0 Å². The third kappa shape index (κ3) is 2.51. The average molecular weight is 236 g/mol. The van der Waals surface area contributed by atoms with Crippen LogP contribution in [0.2, 0.25) is 0 Å². The lowest BCUT2D eigenvalue weighted by atomic mass is 9.71. The highest BCUT2D eigenvalue weighted by atomic mass is 15.3. The number of hydrogen-bond acceptors (Lipinski definition) is 3. The molecule has 2 rings (SSSR count). The van der Waals surface area contributed by atoms with Crippen LogP contribution in [0.25, 0.3) is 0 Å². The number of aryl methyl sites for hydroxylation is 1. The zero-order valence-electron chi connectivity index (χ0n) is 11.1. The topological polar surface area (TPSA) is 56.7 Å². The molecule has 17 heavy (non-hydrogen) atoms. The van der Waals surface area contributed by atoms with Crippen LogP contribution in [0.5, 0.6) is 0 Å². The minimum atomic E-state index is 0.282. The van der Waals surface area contributed by atoms with E-state index in [9.17, 15) is 0 Å². The van der Waals surface area contributed by atoms with Crippen molar-refractivity contribution in [3.63, 3.8) is 0 Å². The molecule has 0 bridgehead atoms. The van der Waals surface area contributed by atoms with E-state index in [-0.39, 0.29) is 5.41 Å². The van der Waals surface area contributed by atoms with Crippen LogP contribution in [0.3, 0.4) is 0 Å². The first kappa shape index (κ1) is 12.6. The van der Waals surface area contributed by atoms with E-state index in [1.165, 1.54) is 32.1 Å². The van der Waals surface area contributed by atoms with Gasteiger partial charge in [-0.3, -0.25) is 0 Å². The van der Waals surface area contributed by atoms with Crippen LogP contribution in [0.4, 0.5) is 0 Å². The number of aromatic nitrogens is 3. The highest BCUT2D eigenvalue weighted by molar-refractivity contribution is 5.00. The molecule has 1 aromatic heterocycles. The monoisotopic (exact) mass is 236 g/mol. The molecule has 96 valence electrons. The van der Waals surface area contributed by atoms with Gasteiger partial charge in [-0.1, -0.05) is 19.3 Å². The highest BCUT2D eigenvalue weighted by Gasteiger charge is 2.32. The molecule has 4 heteroatoms. The third-order valence-electron chi connectivity index (χ3n) is 4.21. The molecular formula is C13H24N4. The Labute approximate surface area is 104 Å². The Bertz CT molecular complexity index is 363. The summed E-state index contributed by atoms with van der Waals surface area (Å²) in [6.45, 7) is 5.91. The maximum absolute atomic E-state index is 6.03. The molecule has 0 spiro atoms. The normalized spacial score (nSPS) is 19.5.